The summed E-state index contributed by atoms with van der Waals surface area (Å²) >= 11 is 0. The van der Waals surface area contributed by atoms with Crippen molar-refractivity contribution in [3.8, 4) is 0 Å². The summed E-state index contributed by atoms with van der Waals surface area (Å²) in [6.45, 7) is 2.24. The molecule has 2 aliphatic rings. The van der Waals surface area contributed by atoms with Crippen LogP contribution in [0.15, 0.2) is 0 Å². The Kier molecular flexibility index (Phi) is 10.8. The van der Waals surface area contributed by atoms with Gasteiger partial charge in [-0.25, -0.2) is 0 Å². The van der Waals surface area contributed by atoms with Crippen molar-refractivity contribution in [2.45, 2.75) is 102 Å². The molecule has 0 aromatic rings. The molecule has 3 N–H and O–H groups in total. The van der Waals surface area contributed by atoms with Crippen LogP contribution in [0.2, 0.25) is 0 Å². The van der Waals surface area contributed by atoms with E-state index in [9.17, 15) is 9.59 Å². The molecule has 2 fully saturated rings. The maximum absolute atomic E-state index is 12.6. The molecule has 156 valence electrons. The number of rotatable bonds is 12. The van der Waals surface area contributed by atoms with Gasteiger partial charge in [0.25, 0.3) is 0 Å². The number of hydrogen-bond acceptors (Lipinski definition) is 3. The molecule has 0 spiro atoms. The average Bonchev–Trinajstić information content (AvgIpc) is 3.18. The Morgan fingerprint density at radius 1 is 0.889 bits per heavy atom. The molecule has 0 radical (unpaired) electrons. The molecular weight excluding hydrogens is 338 g/mol. The van der Waals surface area contributed by atoms with E-state index in [2.05, 4.69) is 5.32 Å². The van der Waals surface area contributed by atoms with Gasteiger partial charge in [0.15, 0.2) is 0 Å². The first-order valence-electron chi connectivity index (χ1n) is 11.5. The van der Waals surface area contributed by atoms with E-state index in [-0.39, 0.29) is 17.9 Å². The Hall–Kier alpha value is -1.10. The second kappa shape index (κ2) is 13.1. The van der Waals surface area contributed by atoms with Crippen LogP contribution < -0.4 is 11.1 Å². The van der Waals surface area contributed by atoms with Crippen LogP contribution in [0.5, 0.6) is 0 Å². The molecule has 1 aliphatic heterocycles. The van der Waals surface area contributed by atoms with Gasteiger partial charge in [0.05, 0.1) is 0 Å². The van der Waals surface area contributed by atoms with Gasteiger partial charge in [-0.05, 0) is 51.0 Å². The highest BCUT2D eigenvalue weighted by Crippen LogP contribution is 2.28. The molecule has 5 heteroatoms. The summed E-state index contributed by atoms with van der Waals surface area (Å²) in [5.41, 5.74) is 5.50. The van der Waals surface area contributed by atoms with Crippen LogP contribution in [0, 0.1) is 5.92 Å². The summed E-state index contributed by atoms with van der Waals surface area (Å²) in [7, 11) is 0. The molecule has 1 aliphatic carbocycles. The van der Waals surface area contributed by atoms with Crippen molar-refractivity contribution < 1.29 is 9.59 Å². The lowest BCUT2D eigenvalue weighted by Gasteiger charge is -2.25. The smallest absolute Gasteiger partial charge is 0.242 e. The Bertz CT molecular complexity index is 435. The summed E-state index contributed by atoms with van der Waals surface area (Å²) in [4.78, 5) is 27.0. The van der Waals surface area contributed by atoms with Crippen LogP contribution >= 0.6 is 0 Å². The Morgan fingerprint density at radius 2 is 1.63 bits per heavy atom. The lowest BCUT2D eigenvalue weighted by molar-refractivity contribution is -0.138. The number of nitrogens with two attached hydrogens (primary N) is 1. The Morgan fingerprint density at radius 3 is 2.41 bits per heavy atom. The molecule has 1 saturated heterocycles. The number of nitrogens with one attached hydrogen (secondary N) is 1. The van der Waals surface area contributed by atoms with Crippen molar-refractivity contribution in [1.29, 1.82) is 0 Å². The van der Waals surface area contributed by atoms with Crippen LogP contribution in [0.1, 0.15) is 96.3 Å². The molecule has 27 heavy (non-hydrogen) atoms. The Labute approximate surface area is 165 Å². The average molecular weight is 380 g/mol. The van der Waals surface area contributed by atoms with E-state index in [0.717, 1.165) is 64.1 Å². The normalized spacial score (nSPS) is 20.8. The molecule has 1 atom stereocenters. The van der Waals surface area contributed by atoms with Crippen molar-refractivity contribution in [3.05, 3.63) is 0 Å². The molecule has 1 unspecified atom stereocenters. The van der Waals surface area contributed by atoms with Crippen LogP contribution in [0.4, 0.5) is 0 Å². The molecule has 2 amide bonds. The number of nitrogens with zero attached hydrogens (tertiary/aromatic N) is 1. The fourth-order valence-corrected chi connectivity index (χ4v) is 4.63. The van der Waals surface area contributed by atoms with E-state index in [1.165, 1.54) is 51.4 Å². The fraction of sp³-hybridized carbons (Fsp3) is 0.909. The predicted octanol–water partition coefficient (Wildman–Crippen LogP) is 3.75. The first-order chi connectivity index (χ1) is 13.2. The number of unbranched alkanes of at least 4 members (excludes halogenated alkanes) is 4. The second-order valence-electron chi connectivity index (χ2n) is 8.49. The van der Waals surface area contributed by atoms with Crippen LogP contribution in [-0.2, 0) is 9.59 Å². The van der Waals surface area contributed by atoms with E-state index in [1.54, 1.807) is 0 Å². The predicted molar refractivity (Wildman–Crippen MR) is 110 cm³/mol. The summed E-state index contributed by atoms with van der Waals surface area (Å²) in [5.74, 6) is 1.06. The molecule has 2 rings (SSSR count). The maximum atomic E-state index is 12.6. The van der Waals surface area contributed by atoms with Gasteiger partial charge in [0.1, 0.15) is 6.04 Å². The van der Waals surface area contributed by atoms with Crippen LogP contribution in [0.3, 0.4) is 0 Å². The summed E-state index contributed by atoms with van der Waals surface area (Å²) in [5, 5.41) is 3.05. The number of carbonyl (C=O) groups is 2. The van der Waals surface area contributed by atoms with Gasteiger partial charge in [0, 0.05) is 19.5 Å². The Balaban J connectivity index is 1.61. The lowest BCUT2D eigenvalue weighted by atomic mass is 9.86. The van der Waals surface area contributed by atoms with Crippen LogP contribution in [0.25, 0.3) is 0 Å². The van der Waals surface area contributed by atoms with E-state index >= 15 is 0 Å². The molecule has 1 saturated carbocycles. The van der Waals surface area contributed by atoms with E-state index < -0.39 is 0 Å². The number of amides is 2. The van der Waals surface area contributed by atoms with E-state index in [4.69, 9.17) is 5.73 Å². The van der Waals surface area contributed by atoms with Crippen LogP contribution in [-0.4, -0.2) is 42.4 Å². The minimum atomic E-state index is -0.232. The second-order valence-corrected chi connectivity index (χ2v) is 8.49. The molecule has 0 aromatic heterocycles. The monoisotopic (exact) mass is 379 g/mol. The van der Waals surface area contributed by atoms with E-state index in [0.29, 0.717) is 6.42 Å². The third-order valence-electron chi connectivity index (χ3n) is 6.28. The minimum absolute atomic E-state index is 0.0510. The van der Waals surface area contributed by atoms with Gasteiger partial charge in [-0.3, -0.25) is 9.59 Å². The first kappa shape index (κ1) is 22.2. The van der Waals surface area contributed by atoms with Gasteiger partial charge >= 0.3 is 0 Å². The van der Waals surface area contributed by atoms with Crippen molar-refractivity contribution in [1.82, 2.24) is 10.2 Å². The summed E-state index contributed by atoms with van der Waals surface area (Å²) in [6.07, 6.45) is 16.9. The third-order valence-corrected chi connectivity index (χ3v) is 6.28. The molecule has 1 heterocycles. The molecular formula is C22H41N3O2. The highest BCUT2D eigenvalue weighted by molar-refractivity contribution is 5.88. The third kappa shape index (κ3) is 8.20. The topological polar surface area (TPSA) is 75.4 Å². The summed E-state index contributed by atoms with van der Waals surface area (Å²) in [6, 6.07) is -0.232. The number of carbonyl (C=O) groups excluding carboxylic acids is 2. The largest absolute Gasteiger partial charge is 0.354 e. The zero-order valence-electron chi connectivity index (χ0n) is 17.2. The van der Waals surface area contributed by atoms with Crippen molar-refractivity contribution in [3.63, 3.8) is 0 Å². The summed E-state index contributed by atoms with van der Waals surface area (Å²) < 4.78 is 0. The van der Waals surface area contributed by atoms with Crippen molar-refractivity contribution in [2.75, 3.05) is 19.6 Å². The maximum Gasteiger partial charge on any atom is 0.242 e. The lowest BCUT2D eigenvalue weighted by Crippen LogP contribution is -2.46. The highest BCUT2D eigenvalue weighted by Gasteiger charge is 2.33. The fourth-order valence-electron chi connectivity index (χ4n) is 4.63. The van der Waals surface area contributed by atoms with Gasteiger partial charge in [-0.15, -0.1) is 0 Å². The van der Waals surface area contributed by atoms with Crippen molar-refractivity contribution >= 4 is 11.8 Å². The number of hydrogen-bond donors (Lipinski definition) is 2. The SMILES string of the molecule is NCCCCCCCNC(=O)C1CCCN1C(=O)CCCC1CCCCC1. The van der Waals surface area contributed by atoms with Gasteiger partial charge < -0.3 is 16.0 Å². The van der Waals surface area contributed by atoms with Crippen molar-refractivity contribution in [2.24, 2.45) is 11.7 Å². The standard InChI is InChI=1S/C22H41N3O2/c23-16-7-2-1-3-8-17-24-22(27)20-14-10-18-25(20)21(26)15-9-13-19-11-5-4-6-12-19/h19-20H,1-18,23H2,(H,24,27). The highest BCUT2D eigenvalue weighted by atomic mass is 16.2. The molecule has 0 aromatic carbocycles. The number of likely N-dealkylation sites (tertiary alicyclic amines) is 1. The van der Waals surface area contributed by atoms with Gasteiger partial charge in [-0.2, -0.15) is 0 Å². The zero-order valence-corrected chi connectivity index (χ0v) is 17.2. The first-order valence-corrected chi connectivity index (χ1v) is 11.5. The molecule has 0 bridgehead atoms. The van der Waals surface area contributed by atoms with Gasteiger partial charge in [-0.1, -0.05) is 51.4 Å². The molecule has 5 nitrogen and oxygen atoms in total. The van der Waals surface area contributed by atoms with Gasteiger partial charge in [0.2, 0.25) is 11.8 Å². The van der Waals surface area contributed by atoms with E-state index in [1.807, 2.05) is 4.90 Å². The quantitative estimate of drug-likeness (QED) is 0.507. The zero-order chi connectivity index (χ0) is 19.3. The minimum Gasteiger partial charge on any atom is -0.354 e.